The van der Waals surface area contributed by atoms with Gasteiger partial charge >= 0.3 is 0 Å². The Labute approximate surface area is 126 Å². The molecule has 0 heteroatoms. The van der Waals surface area contributed by atoms with Gasteiger partial charge in [-0.3, -0.25) is 0 Å². The molecular formula is C20H32. The molecule has 1 rings (SSSR count). The lowest BCUT2D eigenvalue weighted by atomic mass is 9.88. The monoisotopic (exact) mass is 272 g/mol. The zero-order valence-electron chi connectivity index (χ0n) is 13.8. The van der Waals surface area contributed by atoms with E-state index in [-0.39, 0.29) is 0 Å². The molecule has 0 radical (unpaired) electrons. The summed E-state index contributed by atoms with van der Waals surface area (Å²) in [6, 6.07) is 4.74. The fourth-order valence-corrected chi connectivity index (χ4v) is 2.85. The average Bonchev–Trinajstić information content (AvgIpc) is 2.48. The summed E-state index contributed by atoms with van der Waals surface area (Å²) >= 11 is 0. The molecule has 0 atom stereocenters. The molecule has 20 heavy (non-hydrogen) atoms. The number of unbranched alkanes of at least 4 members (excludes halogenated alkanes) is 3. The van der Waals surface area contributed by atoms with Crippen molar-refractivity contribution in [2.75, 3.05) is 0 Å². The molecule has 0 spiro atoms. The van der Waals surface area contributed by atoms with Gasteiger partial charge in [0.1, 0.15) is 0 Å². The van der Waals surface area contributed by atoms with Crippen molar-refractivity contribution in [2.45, 2.75) is 78.6 Å². The summed E-state index contributed by atoms with van der Waals surface area (Å²) in [5.74, 6) is 0. The van der Waals surface area contributed by atoms with Crippen LogP contribution in [0.3, 0.4) is 0 Å². The molecule has 0 bridgehead atoms. The lowest BCUT2D eigenvalue weighted by Crippen LogP contribution is -2.02. The molecule has 1 aromatic carbocycles. The zero-order valence-corrected chi connectivity index (χ0v) is 13.8. The maximum absolute atomic E-state index is 4.09. The van der Waals surface area contributed by atoms with Gasteiger partial charge in [-0.05, 0) is 60.8 Å². The third kappa shape index (κ3) is 4.81. The SMILES string of the molecule is C=Cc1c(CCCC)ccc(CCCC)c1CCCC. The highest BCUT2D eigenvalue weighted by Crippen LogP contribution is 2.25. The number of hydrogen-bond donors (Lipinski definition) is 0. The van der Waals surface area contributed by atoms with Gasteiger partial charge in [0.2, 0.25) is 0 Å². The summed E-state index contributed by atoms with van der Waals surface area (Å²) < 4.78 is 0. The van der Waals surface area contributed by atoms with Crippen LogP contribution < -0.4 is 0 Å². The molecule has 0 unspecified atom stereocenters. The number of rotatable bonds is 10. The summed E-state index contributed by atoms with van der Waals surface area (Å²) in [6.07, 6.45) is 13.4. The molecule has 0 aromatic heterocycles. The van der Waals surface area contributed by atoms with Crippen LogP contribution in [0.25, 0.3) is 6.08 Å². The molecule has 0 saturated heterocycles. The van der Waals surface area contributed by atoms with Gasteiger partial charge in [-0.25, -0.2) is 0 Å². The third-order valence-electron chi connectivity index (χ3n) is 4.13. The molecule has 0 aliphatic carbocycles. The Balaban J connectivity index is 3.08. The van der Waals surface area contributed by atoms with E-state index in [1.165, 1.54) is 68.9 Å². The van der Waals surface area contributed by atoms with E-state index < -0.39 is 0 Å². The topological polar surface area (TPSA) is 0 Å². The normalized spacial score (nSPS) is 10.8. The van der Waals surface area contributed by atoms with E-state index in [9.17, 15) is 0 Å². The minimum Gasteiger partial charge on any atom is -0.0984 e. The second-order valence-corrected chi connectivity index (χ2v) is 5.79. The van der Waals surface area contributed by atoms with Crippen molar-refractivity contribution < 1.29 is 0 Å². The van der Waals surface area contributed by atoms with Crippen molar-refractivity contribution in [3.63, 3.8) is 0 Å². The molecule has 0 aliphatic rings. The Kier molecular flexibility index (Phi) is 8.34. The van der Waals surface area contributed by atoms with E-state index in [1.54, 1.807) is 11.1 Å². The smallest absolute Gasteiger partial charge is 0.0196 e. The van der Waals surface area contributed by atoms with Gasteiger partial charge in [-0.15, -0.1) is 0 Å². The highest BCUT2D eigenvalue weighted by molar-refractivity contribution is 5.59. The predicted molar refractivity (Wildman–Crippen MR) is 92.4 cm³/mol. The quantitative estimate of drug-likeness (QED) is 0.465. The summed E-state index contributed by atoms with van der Waals surface area (Å²) in [5.41, 5.74) is 6.10. The minimum absolute atomic E-state index is 1.20. The average molecular weight is 272 g/mol. The predicted octanol–water partition coefficient (Wildman–Crippen LogP) is 6.36. The molecule has 112 valence electrons. The van der Waals surface area contributed by atoms with Gasteiger partial charge < -0.3 is 0 Å². The Morgan fingerprint density at radius 1 is 0.800 bits per heavy atom. The maximum atomic E-state index is 4.09. The lowest BCUT2D eigenvalue weighted by Gasteiger charge is -2.17. The first kappa shape index (κ1) is 17.0. The van der Waals surface area contributed by atoms with Crippen LogP contribution in [0, 0.1) is 0 Å². The molecule has 1 aromatic rings. The Morgan fingerprint density at radius 2 is 1.30 bits per heavy atom. The van der Waals surface area contributed by atoms with Crippen LogP contribution >= 0.6 is 0 Å². The van der Waals surface area contributed by atoms with Crippen LogP contribution in [0.5, 0.6) is 0 Å². The van der Waals surface area contributed by atoms with E-state index in [2.05, 4.69) is 45.6 Å². The van der Waals surface area contributed by atoms with Gasteiger partial charge in [-0.2, -0.15) is 0 Å². The van der Waals surface area contributed by atoms with E-state index in [0.717, 1.165) is 0 Å². The van der Waals surface area contributed by atoms with E-state index in [4.69, 9.17) is 0 Å². The summed E-state index contributed by atoms with van der Waals surface area (Å²) in [7, 11) is 0. The van der Waals surface area contributed by atoms with Crippen molar-refractivity contribution in [3.05, 3.63) is 41.0 Å². The molecule has 0 amide bonds. The number of aryl methyl sites for hydroxylation is 2. The van der Waals surface area contributed by atoms with E-state index in [1.807, 2.05) is 0 Å². The van der Waals surface area contributed by atoms with Crippen LogP contribution in [-0.2, 0) is 19.3 Å². The second-order valence-electron chi connectivity index (χ2n) is 5.79. The van der Waals surface area contributed by atoms with E-state index >= 15 is 0 Å². The van der Waals surface area contributed by atoms with Crippen LogP contribution in [0.1, 0.15) is 81.5 Å². The van der Waals surface area contributed by atoms with Crippen molar-refractivity contribution in [1.82, 2.24) is 0 Å². The van der Waals surface area contributed by atoms with Crippen LogP contribution in [0.15, 0.2) is 18.7 Å². The van der Waals surface area contributed by atoms with Crippen molar-refractivity contribution in [3.8, 4) is 0 Å². The van der Waals surface area contributed by atoms with Crippen molar-refractivity contribution in [2.24, 2.45) is 0 Å². The highest BCUT2D eigenvalue weighted by atomic mass is 14.2. The molecule has 0 N–H and O–H groups in total. The lowest BCUT2D eigenvalue weighted by molar-refractivity contribution is 0.750. The van der Waals surface area contributed by atoms with Gasteiger partial charge in [0.25, 0.3) is 0 Å². The van der Waals surface area contributed by atoms with Gasteiger partial charge in [-0.1, -0.05) is 64.8 Å². The number of hydrogen-bond acceptors (Lipinski definition) is 0. The zero-order chi connectivity index (χ0) is 14.8. The van der Waals surface area contributed by atoms with Gasteiger partial charge in [0.05, 0.1) is 0 Å². The molecule has 0 saturated carbocycles. The summed E-state index contributed by atoms with van der Waals surface area (Å²) in [5, 5.41) is 0. The standard InChI is InChI=1S/C20H32/c1-5-9-12-17-15-16-18(13-10-6-2)20(14-11-7-3)19(17)8-4/h8,15-16H,4-7,9-14H2,1-3H3. The Morgan fingerprint density at radius 3 is 1.85 bits per heavy atom. The van der Waals surface area contributed by atoms with Gasteiger partial charge in [0, 0.05) is 0 Å². The Bertz CT molecular complexity index is 401. The van der Waals surface area contributed by atoms with Gasteiger partial charge in [0.15, 0.2) is 0 Å². The largest absolute Gasteiger partial charge is 0.0984 e. The second kappa shape index (κ2) is 9.80. The fourth-order valence-electron chi connectivity index (χ4n) is 2.85. The number of benzene rings is 1. The van der Waals surface area contributed by atoms with Crippen LogP contribution in [-0.4, -0.2) is 0 Å². The van der Waals surface area contributed by atoms with Crippen molar-refractivity contribution >= 4 is 6.08 Å². The van der Waals surface area contributed by atoms with Crippen LogP contribution in [0.4, 0.5) is 0 Å². The minimum atomic E-state index is 1.20. The summed E-state index contributed by atoms with van der Waals surface area (Å²) in [6.45, 7) is 10.9. The van der Waals surface area contributed by atoms with Crippen molar-refractivity contribution in [1.29, 1.82) is 0 Å². The maximum Gasteiger partial charge on any atom is -0.0196 e. The fraction of sp³-hybridized carbons (Fsp3) is 0.600. The molecular weight excluding hydrogens is 240 g/mol. The molecule has 0 fully saturated rings. The highest BCUT2D eigenvalue weighted by Gasteiger charge is 2.10. The molecule has 0 heterocycles. The first-order valence-corrected chi connectivity index (χ1v) is 8.54. The molecule has 0 nitrogen and oxygen atoms in total. The third-order valence-corrected chi connectivity index (χ3v) is 4.13. The summed E-state index contributed by atoms with van der Waals surface area (Å²) in [4.78, 5) is 0. The molecule has 0 aliphatic heterocycles. The van der Waals surface area contributed by atoms with E-state index in [0.29, 0.717) is 0 Å². The first-order valence-electron chi connectivity index (χ1n) is 8.54. The Hall–Kier alpha value is -1.04. The first-order chi connectivity index (χ1) is 9.78. The van der Waals surface area contributed by atoms with Crippen LogP contribution in [0.2, 0.25) is 0 Å².